The highest BCUT2D eigenvalue weighted by Crippen LogP contribution is 2.14. The molecule has 30 heavy (non-hydrogen) atoms. The van der Waals surface area contributed by atoms with Gasteiger partial charge in [0.15, 0.2) is 6.61 Å². The van der Waals surface area contributed by atoms with Crippen LogP contribution in [0.3, 0.4) is 0 Å². The van der Waals surface area contributed by atoms with Crippen LogP contribution in [0.1, 0.15) is 38.8 Å². The van der Waals surface area contributed by atoms with Crippen molar-refractivity contribution in [3.8, 4) is 0 Å². The van der Waals surface area contributed by atoms with Crippen LogP contribution in [-0.2, 0) is 23.1 Å². The largest absolute Gasteiger partial charge is 0.456 e. The van der Waals surface area contributed by atoms with Crippen molar-refractivity contribution in [2.24, 2.45) is 13.0 Å². The number of Topliss-reactive ketones (excluding diaryl/α,β-unsaturated/α-hetero) is 1. The first-order chi connectivity index (χ1) is 14.0. The maximum Gasteiger partial charge on any atom is 0.332 e. The molecule has 2 aromatic rings. The molecule has 0 aliphatic rings. The van der Waals surface area contributed by atoms with Gasteiger partial charge in [0, 0.05) is 18.5 Å². The maximum absolute atomic E-state index is 12.5. The standard InChI is InChI=1S/C19H24N4O6S/c1-10(2)8-23-16(20)15(18(27)22(4)19(23)28)12(24)9-29-14(25)7-21-17(26)13-6-5-11(3)30-13/h5-6,10H,7-9,20H2,1-4H3,(H,21,26). The van der Waals surface area contributed by atoms with Crippen LogP contribution in [0.5, 0.6) is 0 Å². The van der Waals surface area contributed by atoms with Gasteiger partial charge in [-0.15, -0.1) is 11.3 Å². The molecule has 2 rings (SSSR count). The third-order valence-electron chi connectivity index (χ3n) is 4.13. The van der Waals surface area contributed by atoms with Crippen LogP contribution < -0.4 is 22.3 Å². The van der Waals surface area contributed by atoms with Crippen LogP contribution in [-0.4, -0.2) is 39.9 Å². The number of nitrogen functional groups attached to an aromatic ring is 1. The molecule has 0 spiro atoms. The Hall–Kier alpha value is -3.21. The summed E-state index contributed by atoms with van der Waals surface area (Å²) in [6.07, 6.45) is 0. The SMILES string of the molecule is Cc1ccc(C(=O)NCC(=O)OCC(=O)c2c(N)n(CC(C)C)c(=O)n(C)c2=O)s1. The topological polar surface area (TPSA) is 142 Å². The molecule has 0 radical (unpaired) electrons. The summed E-state index contributed by atoms with van der Waals surface area (Å²) in [7, 11) is 1.24. The van der Waals surface area contributed by atoms with Gasteiger partial charge >= 0.3 is 11.7 Å². The van der Waals surface area contributed by atoms with E-state index in [4.69, 9.17) is 10.5 Å². The number of hydrogen-bond acceptors (Lipinski definition) is 8. The summed E-state index contributed by atoms with van der Waals surface area (Å²) in [6.45, 7) is 4.59. The molecule has 1 amide bonds. The Morgan fingerprint density at radius 3 is 2.47 bits per heavy atom. The number of amides is 1. The van der Waals surface area contributed by atoms with Crippen molar-refractivity contribution in [2.45, 2.75) is 27.3 Å². The van der Waals surface area contributed by atoms with Crippen LogP contribution in [0, 0.1) is 12.8 Å². The van der Waals surface area contributed by atoms with Crippen molar-refractivity contribution in [1.82, 2.24) is 14.5 Å². The summed E-state index contributed by atoms with van der Waals surface area (Å²) >= 11 is 1.28. The first kappa shape index (κ1) is 23.1. The molecule has 0 bridgehead atoms. The van der Waals surface area contributed by atoms with Crippen molar-refractivity contribution >= 4 is 34.8 Å². The fourth-order valence-corrected chi connectivity index (χ4v) is 3.44. The number of rotatable bonds is 8. The van der Waals surface area contributed by atoms with E-state index >= 15 is 0 Å². The molecule has 2 aromatic heterocycles. The number of hydrogen-bond donors (Lipinski definition) is 2. The lowest BCUT2D eigenvalue weighted by Gasteiger charge is -2.16. The number of esters is 1. The smallest absolute Gasteiger partial charge is 0.332 e. The molecule has 10 nitrogen and oxygen atoms in total. The molecule has 0 fully saturated rings. The molecule has 0 atom stereocenters. The number of carbonyl (C=O) groups excluding carboxylic acids is 3. The van der Waals surface area contributed by atoms with Crippen molar-refractivity contribution in [3.05, 3.63) is 48.3 Å². The normalized spacial score (nSPS) is 10.8. The van der Waals surface area contributed by atoms with E-state index in [1.165, 1.54) is 18.4 Å². The van der Waals surface area contributed by atoms with E-state index in [0.717, 1.165) is 14.0 Å². The third-order valence-corrected chi connectivity index (χ3v) is 5.13. The molecule has 11 heteroatoms. The second kappa shape index (κ2) is 9.53. The van der Waals surface area contributed by atoms with Crippen molar-refractivity contribution in [2.75, 3.05) is 18.9 Å². The number of nitrogens with one attached hydrogen (secondary N) is 1. The molecule has 0 aliphatic carbocycles. The predicted octanol–water partition coefficient (Wildman–Crippen LogP) is 0.311. The lowest BCUT2D eigenvalue weighted by Crippen LogP contribution is -2.43. The highest BCUT2D eigenvalue weighted by atomic mass is 32.1. The number of nitrogens with zero attached hydrogens (tertiary/aromatic N) is 2. The number of thiophene rings is 1. The second-order valence-electron chi connectivity index (χ2n) is 7.09. The van der Waals surface area contributed by atoms with Crippen LogP contribution in [0.15, 0.2) is 21.7 Å². The van der Waals surface area contributed by atoms with E-state index in [2.05, 4.69) is 5.32 Å². The van der Waals surface area contributed by atoms with E-state index in [1.54, 1.807) is 12.1 Å². The van der Waals surface area contributed by atoms with Gasteiger partial charge < -0.3 is 15.8 Å². The van der Waals surface area contributed by atoms with Crippen molar-refractivity contribution in [3.63, 3.8) is 0 Å². The van der Waals surface area contributed by atoms with Gasteiger partial charge in [0.2, 0.25) is 5.78 Å². The Morgan fingerprint density at radius 2 is 1.90 bits per heavy atom. The van der Waals surface area contributed by atoms with Gasteiger partial charge in [-0.3, -0.25) is 28.3 Å². The first-order valence-corrected chi connectivity index (χ1v) is 9.97. The van der Waals surface area contributed by atoms with Gasteiger partial charge in [0.25, 0.3) is 11.5 Å². The number of ether oxygens (including phenoxy) is 1. The van der Waals surface area contributed by atoms with Gasteiger partial charge in [-0.25, -0.2) is 4.79 Å². The number of nitrogens with two attached hydrogens (primary N) is 1. The van der Waals surface area contributed by atoms with Crippen molar-refractivity contribution in [1.29, 1.82) is 0 Å². The first-order valence-electron chi connectivity index (χ1n) is 9.15. The van der Waals surface area contributed by atoms with Crippen LogP contribution in [0.2, 0.25) is 0 Å². The van der Waals surface area contributed by atoms with Gasteiger partial charge in [0.1, 0.15) is 17.9 Å². The summed E-state index contributed by atoms with van der Waals surface area (Å²) in [6, 6.07) is 3.41. The zero-order valence-corrected chi connectivity index (χ0v) is 18.0. The molecule has 2 heterocycles. The van der Waals surface area contributed by atoms with Gasteiger partial charge in [-0.1, -0.05) is 13.8 Å². The zero-order valence-electron chi connectivity index (χ0n) is 17.2. The maximum atomic E-state index is 12.5. The summed E-state index contributed by atoms with van der Waals surface area (Å²) in [5, 5.41) is 2.40. The van der Waals surface area contributed by atoms with Gasteiger partial charge in [-0.05, 0) is 25.0 Å². The van der Waals surface area contributed by atoms with E-state index in [1.807, 2.05) is 20.8 Å². The molecular formula is C19H24N4O6S. The van der Waals surface area contributed by atoms with E-state index in [-0.39, 0.29) is 18.3 Å². The molecule has 0 aliphatic heterocycles. The van der Waals surface area contributed by atoms with Crippen LogP contribution in [0.4, 0.5) is 5.82 Å². The monoisotopic (exact) mass is 436 g/mol. The van der Waals surface area contributed by atoms with Gasteiger partial charge in [0.05, 0.1) is 4.88 Å². The lowest BCUT2D eigenvalue weighted by atomic mass is 10.1. The minimum atomic E-state index is -0.861. The third kappa shape index (κ3) is 5.23. The molecular weight excluding hydrogens is 412 g/mol. The summed E-state index contributed by atoms with van der Waals surface area (Å²) in [4.78, 5) is 62.3. The predicted molar refractivity (Wildman–Crippen MR) is 112 cm³/mol. The number of anilines is 1. The Balaban J connectivity index is 2.06. The van der Waals surface area contributed by atoms with Crippen LogP contribution in [0.25, 0.3) is 0 Å². The fraction of sp³-hybridized carbons (Fsp3) is 0.421. The van der Waals surface area contributed by atoms with E-state index in [0.29, 0.717) is 4.88 Å². The number of ketones is 1. The quantitative estimate of drug-likeness (QED) is 0.448. The Kier molecular flexibility index (Phi) is 7.33. The minimum absolute atomic E-state index is 0.0408. The zero-order chi connectivity index (χ0) is 22.6. The average molecular weight is 436 g/mol. The summed E-state index contributed by atoms with van der Waals surface area (Å²) in [5.41, 5.74) is 4.00. The highest BCUT2D eigenvalue weighted by molar-refractivity contribution is 7.13. The number of aromatic nitrogens is 2. The van der Waals surface area contributed by atoms with Gasteiger partial charge in [-0.2, -0.15) is 0 Å². The molecule has 3 N–H and O–H groups in total. The fourth-order valence-electron chi connectivity index (χ4n) is 2.65. The summed E-state index contributed by atoms with van der Waals surface area (Å²) < 4.78 is 6.79. The number of aryl methyl sites for hydroxylation is 1. The minimum Gasteiger partial charge on any atom is -0.456 e. The molecule has 0 aromatic carbocycles. The summed E-state index contributed by atoms with van der Waals surface area (Å²) in [5.74, 6) is -2.34. The second-order valence-corrected chi connectivity index (χ2v) is 8.38. The number of carbonyl (C=O) groups is 3. The average Bonchev–Trinajstić information content (AvgIpc) is 3.12. The van der Waals surface area contributed by atoms with Crippen molar-refractivity contribution < 1.29 is 19.1 Å². The molecule has 162 valence electrons. The molecule has 0 saturated carbocycles. The Morgan fingerprint density at radius 1 is 1.23 bits per heavy atom. The molecule has 0 saturated heterocycles. The molecule has 0 unspecified atom stereocenters. The Labute approximate surface area is 176 Å². The van der Waals surface area contributed by atoms with E-state index < -0.39 is 47.6 Å². The lowest BCUT2D eigenvalue weighted by molar-refractivity contribution is -0.141. The Bertz CT molecular complexity index is 1100. The highest BCUT2D eigenvalue weighted by Gasteiger charge is 2.23. The van der Waals surface area contributed by atoms with Crippen LogP contribution >= 0.6 is 11.3 Å². The van der Waals surface area contributed by atoms with E-state index in [9.17, 15) is 24.0 Å².